The topological polar surface area (TPSA) is 3.24 Å². The summed E-state index contributed by atoms with van der Waals surface area (Å²) in [5, 5.41) is 7.45. The maximum absolute atomic E-state index is 2.55. The highest BCUT2D eigenvalue weighted by molar-refractivity contribution is 7.99. The Bertz CT molecular complexity index is 3230. The van der Waals surface area contributed by atoms with Crippen LogP contribution in [0.3, 0.4) is 0 Å². The van der Waals surface area contributed by atoms with E-state index in [9.17, 15) is 0 Å². The summed E-state index contributed by atoms with van der Waals surface area (Å²) in [6, 6.07) is 79.1. The first-order valence-corrected chi connectivity index (χ1v) is 20.5. The molecule has 0 N–H and O–H groups in total. The molecule has 266 valence electrons. The molecule has 0 fully saturated rings. The first-order valence-electron chi connectivity index (χ1n) is 19.7. The van der Waals surface area contributed by atoms with Gasteiger partial charge in [0.25, 0.3) is 0 Å². The van der Waals surface area contributed by atoms with Crippen molar-refractivity contribution < 1.29 is 0 Å². The Morgan fingerprint density at radius 2 is 0.982 bits per heavy atom. The average molecular weight is 742 g/mol. The molecule has 10 aromatic carbocycles. The smallest absolute Gasteiger partial charge is 0.0736 e. The molecule has 1 aliphatic heterocycles. The van der Waals surface area contributed by atoms with Crippen molar-refractivity contribution in [1.82, 2.24) is 0 Å². The lowest BCUT2D eigenvalue weighted by molar-refractivity contribution is 0.707. The molecule has 0 radical (unpaired) electrons. The van der Waals surface area contributed by atoms with Crippen LogP contribution in [0.15, 0.2) is 222 Å². The van der Waals surface area contributed by atoms with Crippen LogP contribution < -0.4 is 4.90 Å². The second kappa shape index (κ2) is 12.6. The third kappa shape index (κ3) is 4.65. The monoisotopic (exact) mass is 741 g/mol. The lowest BCUT2D eigenvalue weighted by Crippen LogP contribution is -2.36. The summed E-state index contributed by atoms with van der Waals surface area (Å²) < 4.78 is 0. The van der Waals surface area contributed by atoms with E-state index in [1.165, 1.54) is 92.3 Å². The van der Waals surface area contributed by atoms with E-state index in [4.69, 9.17) is 0 Å². The van der Waals surface area contributed by atoms with E-state index in [1.807, 2.05) is 11.8 Å². The minimum Gasteiger partial charge on any atom is -0.309 e. The van der Waals surface area contributed by atoms with E-state index in [1.54, 1.807) is 0 Å². The van der Waals surface area contributed by atoms with Gasteiger partial charge in [0.1, 0.15) is 0 Å². The predicted octanol–water partition coefficient (Wildman–Crippen LogP) is 15.1. The molecule has 1 nitrogen and oxygen atoms in total. The highest BCUT2D eigenvalue weighted by Gasteiger charge is 2.48. The van der Waals surface area contributed by atoms with Crippen molar-refractivity contribution in [1.29, 1.82) is 0 Å². The van der Waals surface area contributed by atoms with Gasteiger partial charge in [-0.05, 0) is 90.8 Å². The van der Waals surface area contributed by atoms with Gasteiger partial charge in [0.05, 0.1) is 16.8 Å². The van der Waals surface area contributed by atoms with Crippen LogP contribution in [0.25, 0.3) is 54.6 Å². The molecule has 0 bridgehead atoms. The zero-order chi connectivity index (χ0) is 37.5. The molecular weight excluding hydrogens is 707 g/mol. The number of nitrogens with zero attached hydrogens (tertiary/aromatic N) is 1. The third-order valence-electron chi connectivity index (χ3n) is 12.3. The van der Waals surface area contributed by atoms with E-state index in [0.29, 0.717) is 0 Å². The van der Waals surface area contributed by atoms with Crippen LogP contribution in [-0.4, -0.2) is 0 Å². The van der Waals surface area contributed by atoms with Crippen molar-refractivity contribution in [2.45, 2.75) is 15.2 Å². The summed E-state index contributed by atoms with van der Waals surface area (Å²) in [7, 11) is 0. The van der Waals surface area contributed by atoms with Crippen molar-refractivity contribution in [3.05, 3.63) is 235 Å². The fraction of sp³-hybridized carbons (Fsp3) is 0.0182. The molecule has 2 heteroatoms. The summed E-state index contributed by atoms with van der Waals surface area (Å²) in [4.78, 5) is 5.13. The van der Waals surface area contributed by atoms with E-state index < -0.39 is 5.41 Å². The Morgan fingerprint density at radius 1 is 0.368 bits per heavy atom. The van der Waals surface area contributed by atoms with Gasteiger partial charge in [-0.3, -0.25) is 0 Å². The van der Waals surface area contributed by atoms with Crippen molar-refractivity contribution in [3.8, 4) is 22.3 Å². The minimum absolute atomic E-state index is 0.552. The largest absolute Gasteiger partial charge is 0.309 e. The standard InChI is InChI=1S/C55H35NS/c1-2-15-37(16-3-1)43-33-31-38-18-5-7-23-42(38)54(43)56(50-29-14-19-36-17-4-6-22-41(36)50)40-32-34-52-49(35-40)55(47-27-10-11-30-51(47)57-52)46-26-9-8-24-44(46)45-25-12-20-39-21-13-28-48(55)53(39)45/h1-35H. The maximum Gasteiger partial charge on any atom is 0.0736 e. The zero-order valence-corrected chi connectivity index (χ0v) is 31.9. The highest BCUT2D eigenvalue weighted by atomic mass is 32.2. The van der Waals surface area contributed by atoms with E-state index in [0.717, 1.165) is 11.4 Å². The number of rotatable bonds is 4. The van der Waals surface area contributed by atoms with Crippen LogP contribution >= 0.6 is 11.8 Å². The van der Waals surface area contributed by atoms with Crippen LogP contribution in [-0.2, 0) is 5.41 Å². The van der Waals surface area contributed by atoms with Gasteiger partial charge >= 0.3 is 0 Å². The van der Waals surface area contributed by atoms with Crippen molar-refractivity contribution >= 4 is 61.1 Å². The van der Waals surface area contributed by atoms with Gasteiger partial charge in [-0.25, -0.2) is 0 Å². The summed E-state index contributed by atoms with van der Waals surface area (Å²) in [6.07, 6.45) is 0. The van der Waals surface area contributed by atoms with Gasteiger partial charge in [-0.2, -0.15) is 0 Å². The lowest BCUT2D eigenvalue weighted by Gasteiger charge is -2.46. The van der Waals surface area contributed by atoms with Crippen LogP contribution in [0.1, 0.15) is 22.3 Å². The van der Waals surface area contributed by atoms with Gasteiger partial charge in [0, 0.05) is 31.8 Å². The Kier molecular flexibility index (Phi) is 7.14. The van der Waals surface area contributed by atoms with Gasteiger partial charge in [0.2, 0.25) is 0 Å². The zero-order valence-electron chi connectivity index (χ0n) is 31.1. The first kappa shape index (κ1) is 32.4. The molecule has 57 heavy (non-hydrogen) atoms. The summed E-state index contributed by atoms with van der Waals surface area (Å²) >= 11 is 1.89. The van der Waals surface area contributed by atoms with Crippen molar-refractivity contribution in [3.63, 3.8) is 0 Å². The number of fused-ring (bicyclic) bond motifs is 10. The number of anilines is 3. The predicted molar refractivity (Wildman–Crippen MR) is 241 cm³/mol. The quantitative estimate of drug-likeness (QED) is 0.177. The summed E-state index contributed by atoms with van der Waals surface area (Å²) in [6.45, 7) is 0. The Morgan fingerprint density at radius 3 is 1.86 bits per heavy atom. The molecule has 0 aromatic heterocycles. The van der Waals surface area contributed by atoms with Crippen molar-refractivity contribution in [2.75, 3.05) is 4.90 Å². The summed E-state index contributed by atoms with van der Waals surface area (Å²) in [5.41, 5.74) is 13.2. The molecule has 0 saturated carbocycles. The highest BCUT2D eigenvalue weighted by Crippen LogP contribution is 2.62. The lowest BCUT2D eigenvalue weighted by atomic mass is 9.59. The van der Waals surface area contributed by atoms with Crippen molar-refractivity contribution in [2.24, 2.45) is 0 Å². The van der Waals surface area contributed by atoms with E-state index >= 15 is 0 Å². The molecule has 12 rings (SSSR count). The molecule has 0 amide bonds. The Hall–Kier alpha value is -6.87. The normalized spacial score (nSPS) is 15.0. The Balaban J connectivity index is 1.23. The summed E-state index contributed by atoms with van der Waals surface area (Å²) in [5.74, 6) is 0. The van der Waals surface area contributed by atoms with Gasteiger partial charge in [-0.1, -0.05) is 194 Å². The molecule has 1 unspecified atom stereocenters. The molecule has 0 saturated heterocycles. The van der Waals surface area contributed by atoms with Crippen LogP contribution in [0, 0.1) is 0 Å². The van der Waals surface area contributed by atoms with E-state index in [-0.39, 0.29) is 0 Å². The molecule has 1 spiro atoms. The number of benzene rings is 10. The number of hydrogen-bond donors (Lipinski definition) is 0. The van der Waals surface area contributed by atoms with Crippen LogP contribution in [0.5, 0.6) is 0 Å². The molecule has 10 aromatic rings. The number of hydrogen-bond acceptors (Lipinski definition) is 2. The third-order valence-corrected chi connectivity index (χ3v) is 13.4. The first-order chi connectivity index (χ1) is 28.3. The SMILES string of the molecule is c1ccc(-c2ccc3ccccc3c2N(c2ccc3c(c2)C2(c4ccccc4S3)c3ccccc3-c3cccc4cccc2c34)c2cccc3ccccc23)cc1. The van der Waals surface area contributed by atoms with E-state index in [2.05, 4.69) is 217 Å². The van der Waals surface area contributed by atoms with Gasteiger partial charge in [-0.15, -0.1) is 0 Å². The fourth-order valence-corrected chi connectivity index (χ4v) is 11.1. The molecule has 2 aliphatic rings. The molecule has 1 heterocycles. The molecule has 1 aliphatic carbocycles. The minimum atomic E-state index is -0.552. The second-order valence-electron chi connectivity index (χ2n) is 15.2. The Labute approximate surface area is 336 Å². The van der Waals surface area contributed by atoms with Crippen LogP contribution in [0.4, 0.5) is 17.1 Å². The average Bonchev–Trinajstić information content (AvgIpc) is 3.28. The van der Waals surface area contributed by atoms with Crippen LogP contribution in [0.2, 0.25) is 0 Å². The second-order valence-corrected chi connectivity index (χ2v) is 16.2. The fourth-order valence-electron chi connectivity index (χ4n) is 9.96. The maximum atomic E-state index is 2.55. The molecular formula is C55H35NS. The molecule has 1 atom stereocenters. The van der Waals surface area contributed by atoms with Gasteiger partial charge < -0.3 is 4.90 Å². The van der Waals surface area contributed by atoms with Gasteiger partial charge in [0.15, 0.2) is 0 Å².